The molecule has 0 radical (unpaired) electrons. The Morgan fingerprint density at radius 2 is 2.00 bits per heavy atom. The molecule has 1 aromatic carbocycles. The fraction of sp³-hybridized carbons (Fsp3) is 0.471. The van der Waals surface area contributed by atoms with Crippen molar-refractivity contribution in [2.24, 2.45) is 5.92 Å². The second kappa shape index (κ2) is 5.77. The Bertz CT molecular complexity index is 587. The van der Waals surface area contributed by atoms with Gasteiger partial charge in [-0.15, -0.1) is 12.3 Å². The number of halogens is 1. The van der Waals surface area contributed by atoms with Gasteiger partial charge in [0.05, 0.1) is 5.69 Å². The maximum absolute atomic E-state index is 14.4. The lowest BCUT2D eigenvalue weighted by Crippen LogP contribution is -2.30. The third kappa shape index (κ3) is 2.73. The number of hydrogen-bond donors (Lipinski definition) is 0. The van der Waals surface area contributed by atoms with E-state index in [0.29, 0.717) is 24.3 Å². The van der Waals surface area contributed by atoms with E-state index in [2.05, 4.69) is 10.8 Å². The van der Waals surface area contributed by atoms with Crippen molar-refractivity contribution in [3.63, 3.8) is 0 Å². The highest BCUT2D eigenvalue weighted by Crippen LogP contribution is 2.30. The summed E-state index contributed by atoms with van der Waals surface area (Å²) in [5, 5.41) is 0. The second-order valence-electron chi connectivity index (χ2n) is 5.76. The number of carbonyl (C=O) groups excluding carboxylic acids is 1. The molecule has 0 saturated carbocycles. The van der Waals surface area contributed by atoms with Gasteiger partial charge in [0, 0.05) is 37.7 Å². The van der Waals surface area contributed by atoms with Crippen LogP contribution >= 0.6 is 0 Å². The lowest BCUT2D eigenvalue weighted by atomic mass is 10.1. The summed E-state index contributed by atoms with van der Waals surface area (Å²) in [6.07, 6.45) is 9.16. The molecule has 2 aliphatic rings. The van der Waals surface area contributed by atoms with E-state index >= 15 is 0 Å². The molecule has 0 aliphatic carbocycles. The van der Waals surface area contributed by atoms with Crippen molar-refractivity contribution in [1.29, 1.82) is 0 Å². The number of terminal acetylenes is 1. The lowest BCUT2D eigenvalue weighted by molar-refractivity contribution is -0.117. The monoisotopic (exact) mass is 286 g/mol. The van der Waals surface area contributed by atoms with Crippen molar-refractivity contribution < 1.29 is 9.18 Å². The van der Waals surface area contributed by atoms with Gasteiger partial charge in [0.25, 0.3) is 0 Å². The number of carbonyl (C=O) groups is 1. The predicted octanol–water partition coefficient (Wildman–Crippen LogP) is 2.80. The van der Waals surface area contributed by atoms with Crippen LogP contribution in [0.5, 0.6) is 0 Å². The van der Waals surface area contributed by atoms with E-state index in [9.17, 15) is 9.18 Å². The fourth-order valence-corrected chi connectivity index (χ4v) is 3.12. The summed E-state index contributed by atoms with van der Waals surface area (Å²) < 4.78 is 14.4. The summed E-state index contributed by atoms with van der Waals surface area (Å²) in [5.41, 5.74) is 1.25. The smallest absolute Gasteiger partial charge is 0.228 e. The van der Waals surface area contributed by atoms with Gasteiger partial charge >= 0.3 is 0 Å². The molecule has 3 nitrogen and oxygen atoms in total. The van der Waals surface area contributed by atoms with Crippen molar-refractivity contribution >= 4 is 17.3 Å². The molecule has 4 heteroatoms. The summed E-state index contributed by atoms with van der Waals surface area (Å²) in [6.45, 7) is 2.29. The fourth-order valence-electron chi connectivity index (χ4n) is 3.12. The van der Waals surface area contributed by atoms with Gasteiger partial charge in [0.2, 0.25) is 5.91 Å². The molecule has 2 fully saturated rings. The molecule has 2 saturated heterocycles. The Hall–Kier alpha value is -2.02. The van der Waals surface area contributed by atoms with Crippen LogP contribution in [-0.4, -0.2) is 25.5 Å². The van der Waals surface area contributed by atoms with Gasteiger partial charge in [-0.25, -0.2) is 4.39 Å². The van der Waals surface area contributed by atoms with Crippen LogP contribution in [0, 0.1) is 24.1 Å². The van der Waals surface area contributed by atoms with Crippen LogP contribution < -0.4 is 9.80 Å². The van der Waals surface area contributed by atoms with Gasteiger partial charge in [0.1, 0.15) is 5.82 Å². The molecule has 1 atom stereocenters. The van der Waals surface area contributed by atoms with Crippen LogP contribution in [0.1, 0.15) is 25.7 Å². The van der Waals surface area contributed by atoms with Gasteiger partial charge in [-0.3, -0.25) is 4.79 Å². The average Bonchev–Trinajstić information content (AvgIpc) is 2.89. The maximum atomic E-state index is 14.4. The summed E-state index contributed by atoms with van der Waals surface area (Å²) in [7, 11) is 0. The third-order valence-corrected chi connectivity index (χ3v) is 4.30. The Kier molecular flexibility index (Phi) is 3.83. The maximum Gasteiger partial charge on any atom is 0.228 e. The Morgan fingerprint density at radius 1 is 1.24 bits per heavy atom. The summed E-state index contributed by atoms with van der Waals surface area (Å²) >= 11 is 0. The highest BCUT2D eigenvalue weighted by molar-refractivity contribution is 5.96. The van der Waals surface area contributed by atoms with E-state index in [1.54, 1.807) is 11.0 Å². The van der Waals surface area contributed by atoms with E-state index in [-0.39, 0.29) is 17.6 Å². The van der Waals surface area contributed by atoms with Crippen LogP contribution in [0.4, 0.5) is 15.8 Å². The molecule has 21 heavy (non-hydrogen) atoms. The minimum Gasteiger partial charge on any atom is -0.369 e. The molecule has 110 valence electrons. The summed E-state index contributed by atoms with van der Waals surface area (Å²) in [5.74, 6) is 2.26. The number of amides is 1. The third-order valence-electron chi connectivity index (χ3n) is 4.30. The van der Waals surface area contributed by atoms with Crippen molar-refractivity contribution in [1.82, 2.24) is 0 Å². The minimum atomic E-state index is -0.258. The van der Waals surface area contributed by atoms with Crippen LogP contribution in [-0.2, 0) is 4.79 Å². The van der Waals surface area contributed by atoms with E-state index in [1.807, 2.05) is 6.07 Å². The minimum absolute atomic E-state index is 0.0249. The van der Waals surface area contributed by atoms with Crippen LogP contribution in [0.2, 0.25) is 0 Å². The number of nitrogens with zero attached hydrogens (tertiary/aromatic N) is 2. The molecule has 0 N–H and O–H groups in total. The zero-order valence-electron chi connectivity index (χ0n) is 12.0. The molecule has 0 aromatic heterocycles. The molecule has 1 amide bonds. The van der Waals surface area contributed by atoms with E-state index < -0.39 is 0 Å². The SMILES string of the molecule is C#CC1CC(=O)N(c2ccc(N3CCCCC3)c(F)c2)C1. The number of hydrogen-bond acceptors (Lipinski definition) is 2. The van der Waals surface area contributed by atoms with Crippen molar-refractivity contribution in [3.8, 4) is 12.3 Å². The quantitative estimate of drug-likeness (QED) is 0.781. The molecule has 0 bridgehead atoms. The van der Waals surface area contributed by atoms with Gasteiger partial charge in [-0.1, -0.05) is 0 Å². The number of anilines is 2. The molecular formula is C17H19FN2O. The van der Waals surface area contributed by atoms with Crippen molar-refractivity contribution in [2.75, 3.05) is 29.4 Å². The molecule has 3 rings (SSSR count). The standard InChI is InChI=1S/C17H19FN2O/c1-2-13-10-17(21)20(12-13)14-6-7-16(15(18)11-14)19-8-4-3-5-9-19/h1,6-7,11,13H,3-5,8-10,12H2. The van der Waals surface area contributed by atoms with Crippen LogP contribution in [0.3, 0.4) is 0 Å². The molecular weight excluding hydrogens is 267 g/mol. The van der Waals surface area contributed by atoms with Gasteiger partial charge in [-0.2, -0.15) is 0 Å². The molecule has 1 unspecified atom stereocenters. The Balaban J connectivity index is 1.81. The van der Waals surface area contributed by atoms with E-state index in [0.717, 1.165) is 25.9 Å². The highest BCUT2D eigenvalue weighted by atomic mass is 19.1. The topological polar surface area (TPSA) is 23.6 Å². The van der Waals surface area contributed by atoms with E-state index in [4.69, 9.17) is 6.42 Å². The molecule has 2 heterocycles. The predicted molar refractivity (Wildman–Crippen MR) is 81.8 cm³/mol. The van der Waals surface area contributed by atoms with Gasteiger partial charge < -0.3 is 9.80 Å². The Morgan fingerprint density at radius 3 is 2.62 bits per heavy atom. The summed E-state index contributed by atoms with van der Waals surface area (Å²) in [6, 6.07) is 5.07. The van der Waals surface area contributed by atoms with E-state index in [1.165, 1.54) is 12.5 Å². The van der Waals surface area contributed by atoms with Crippen molar-refractivity contribution in [3.05, 3.63) is 24.0 Å². The average molecular weight is 286 g/mol. The first-order valence-corrected chi connectivity index (χ1v) is 7.50. The normalized spacial score (nSPS) is 22.5. The zero-order chi connectivity index (χ0) is 14.8. The summed E-state index contributed by atoms with van der Waals surface area (Å²) in [4.78, 5) is 15.6. The largest absolute Gasteiger partial charge is 0.369 e. The molecule has 0 spiro atoms. The molecule has 2 aliphatic heterocycles. The first-order chi connectivity index (χ1) is 10.2. The lowest BCUT2D eigenvalue weighted by Gasteiger charge is -2.29. The zero-order valence-corrected chi connectivity index (χ0v) is 12.0. The second-order valence-corrected chi connectivity index (χ2v) is 5.76. The molecule has 1 aromatic rings. The first kappa shape index (κ1) is 13.9. The van der Waals surface area contributed by atoms with Crippen LogP contribution in [0.15, 0.2) is 18.2 Å². The number of piperidine rings is 1. The van der Waals surface area contributed by atoms with Crippen LogP contribution in [0.25, 0.3) is 0 Å². The van der Waals surface area contributed by atoms with Gasteiger partial charge in [-0.05, 0) is 37.5 Å². The number of benzene rings is 1. The van der Waals surface area contributed by atoms with Crippen molar-refractivity contribution in [2.45, 2.75) is 25.7 Å². The highest BCUT2D eigenvalue weighted by Gasteiger charge is 2.30. The Labute approximate surface area is 124 Å². The first-order valence-electron chi connectivity index (χ1n) is 7.50. The van der Waals surface area contributed by atoms with Gasteiger partial charge in [0.15, 0.2) is 0 Å². The number of rotatable bonds is 2.